The molecule has 5 nitrogen and oxygen atoms in total. The van der Waals surface area contributed by atoms with Gasteiger partial charge in [-0.25, -0.2) is 4.99 Å². The summed E-state index contributed by atoms with van der Waals surface area (Å²) in [6.07, 6.45) is 4.69. The van der Waals surface area contributed by atoms with Gasteiger partial charge in [0.1, 0.15) is 12.1 Å². The molecule has 1 aliphatic rings. The average Bonchev–Trinajstić information content (AvgIpc) is 2.58. The van der Waals surface area contributed by atoms with Crippen molar-refractivity contribution in [1.82, 2.24) is 5.32 Å². The summed E-state index contributed by atoms with van der Waals surface area (Å²) in [4.78, 5) is 29.0. The maximum atomic E-state index is 11.1. The fourth-order valence-electron chi connectivity index (χ4n) is 0.841. The Balaban J connectivity index is 2.40. The van der Waals surface area contributed by atoms with Gasteiger partial charge in [-0.05, 0) is 12.5 Å². The van der Waals surface area contributed by atoms with Gasteiger partial charge < -0.3 is 5.32 Å². The largest absolute Gasteiger partial charge is 0.353 e. The summed E-state index contributed by atoms with van der Waals surface area (Å²) in [5.41, 5.74) is 0.191. The highest BCUT2D eigenvalue weighted by Crippen LogP contribution is 1.93. The molecule has 1 heterocycles. The van der Waals surface area contributed by atoms with E-state index in [1.807, 2.05) is 6.92 Å². The number of hydrogen-bond donors (Lipinski definition) is 1. The normalized spacial score (nSPS) is 14.9. The highest BCUT2D eigenvalue weighted by atomic mass is 16.2. The minimum absolute atomic E-state index is 0.191. The average molecular weight is 193 g/mol. The molecule has 0 radical (unpaired) electrons. The summed E-state index contributed by atoms with van der Waals surface area (Å²) >= 11 is 0. The molecule has 1 aliphatic heterocycles. The van der Waals surface area contributed by atoms with Crippen LogP contribution in [0.3, 0.4) is 0 Å². The van der Waals surface area contributed by atoms with Gasteiger partial charge in [-0.15, -0.1) is 0 Å². The molecule has 0 spiro atoms. The van der Waals surface area contributed by atoms with Gasteiger partial charge in [-0.2, -0.15) is 4.99 Å². The van der Waals surface area contributed by atoms with Crippen molar-refractivity contribution in [1.29, 1.82) is 0 Å². The number of nitrogens with one attached hydrogen (secondary N) is 1. The number of aliphatic imine (C=N–C) groups is 2. The monoisotopic (exact) mass is 193 g/mol. The van der Waals surface area contributed by atoms with E-state index in [1.54, 1.807) is 0 Å². The molecule has 1 N–H and O–H groups in total. The van der Waals surface area contributed by atoms with E-state index in [1.165, 1.54) is 18.5 Å². The number of carbonyl (C=O) groups excluding carboxylic acids is 2. The molecule has 0 atom stereocenters. The molecule has 2 amide bonds. The van der Waals surface area contributed by atoms with Crippen LogP contribution in [0, 0.1) is 0 Å². The van der Waals surface area contributed by atoms with Gasteiger partial charge in [0.05, 0.1) is 0 Å². The van der Waals surface area contributed by atoms with Crippen molar-refractivity contribution in [3.8, 4) is 0 Å². The lowest BCUT2D eigenvalue weighted by Gasteiger charge is -1.96. The highest BCUT2D eigenvalue weighted by molar-refractivity contribution is 6.48. The van der Waals surface area contributed by atoms with Crippen LogP contribution in [0.15, 0.2) is 22.1 Å². The molecule has 0 aromatic heterocycles. The summed E-state index contributed by atoms with van der Waals surface area (Å²) in [7, 11) is 0. The molecule has 5 heteroatoms. The van der Waals surface area contributed by atoms with Crippen LogP contribution in [0.25, 0.3) is 0 Å². The first-order valence-corrected chi connectivity index (χ1v) is 4.34. The number of carbonyl (C=O) groups is 2. The van der Waals surface area contributed by atoms with E-state index in [9.17, 15) is 9.59 Å². The van der Waals surface area contributed by atoms with E-state index in [-0.39, 0.29) is 11.6 Å². The lowest BCUT2D eigenvalue weighted by molar-refractivity contribution is -0.116. The van der Waals surface area contributed by atoms with Crippen LogP contribution in [0.4, 0.5) is 0 Å². The lowest BCUT2D eigenvalue weighted by Crippen LogP contribution is -2.22. The second-order valence-electron chi connectivity index (χ2n) is 2.69. The van der Waals surface area contributed by atoms with Gasteiger partial charge in [-0.1, -0.05) is 6.92 Å². The van der Waals surface area contributed by atoms with Gasteiger partial charge in [0.2, 0.25) is 5.91 Å². The Bertz CT molecular complexity index is 329. The van der Waals surface area contributed by atoms with Crippen molar-refractivity contribution in [3.63, 3.8) is 0 Å². The quantitative estimate of drug-likeness (QED) is 0.642. The summed E-state index contributed by atoms with van der Waals surface area (Å²) in [6, 6.07) is 0. The maximum absolute atomic E-state index is 11.1. The first-order chi connectivity index (χ1) is 6.74. The first-order valence-electron chi connectivity index (χ1n) is 4.34. The second kappa shape index (κ2) is 5.06. The number of amides is 2. The molecule has 14 heavy (non-hydrogen) atoms. The molecule has 0 aliphatic carbocycles. The number of nitrogens with zero attached hydrogens (tertiary/aromatic N) is 2. The van der Waals surface area contributed by atoms with Crippen molar-refractivity contribution in [3.05, 3.63) is 12.2 Å². The van der Waals surface area contributed by atoms with Gasteiger partial charge in [0, 0.05) is 12.6 Å². The topological polar surface area (TPSA) is 70.9 Å². The standard InChI is InChI=1S/C9H11N3O2/c1-2-5-10-8(13)4-3-7-9(14)12-6-11-7/h3-4,6H,2,5H2,1H3,(H,10,13). The zero-order chi connectivity index (χ0) is 10.4. The number of rotatable bonds is 4. The third kappa shape index (κ3) is 2.93. The fourth-order valence-corrected chi connectivity index (χ4v) is 0.841. The lowest BCUT2D eigenvalue weighted by atomic mass is 10.3. The molecule has 0 bridgehead atoms. The molecule has 74 valence electrons. The zero-order valence-corrected chi connectivity index (χ0v) is 7.86. The minimum Gasteiger partial charge on any atom is -0.353 e. The summed E-state index contributed by atoms with van der Waals surface area (Å²) < 4.78 is 0. The minimum atomic E-state index is -0.412. The van der Waals surface area contributed by atoms with Gasteiger partial charge in [-0.3, -0.25) is 9.59 Å². The van der Waals surface area contributed by atoms with Crippen molar-refractivity contribution in [2.45, 2.75) is 13.3 Å². The summed E-state index contributed by atoms with van der Waals surface area (Å²) in [6.45, 7) is 2.59. The van der Waals surface area contributed by atoms with Gasteiger partial charge in [0.15, 0.2) is 0 Å². The molecule has 0 aromatic carbocycles. The molecular weight excluding hydrogens is 182 g/mol. The summed E-state index contributed by atoms with van der Waals surface area (Å²) in [5.74, 6) is -0.640. The van der Waals surface area contributed by atoms with E-state index < -0.39 is 5.91 Å². The van der Waals surface area contributed by atoms with Crippen molar-refractivity contribution in [2.24, 2.45) is 9.98 Å². The van der Waals surface area contributed by atoms with Crippen molar-refractivity contribution in [2.75, 3.05) is 6.54 Å². The number of hydrogen-bond acceptors (Lipinski definition) is 3. The van der Waals surface area contributed by atoms with Crippen molar-refractivity contribution >= 4 is 23.9 Å². The first kappa shape index (κ1) is 10.3. The fraction of sp³-hybridized carbons (Fsp3) is 0.333. The van der Waals surface area contributed by atoms with E-state index >= 15 is 0 Å². The highest BCUT2D eigenvalue weighted by Gasteiger charge is 2.09. The van der Waals surface area contributed by atoms with Gasteiger partial charge >= 0.3 is 0 Å². The third-order valence-electron chi connectivity index (χ3n) is 1.53. The maximum Gasteiger partial charge on any atom is 0.297 e. The van der Waals surface area contributed by atoms with Crippen LogP contribution in [-0.2, 0) is 9.59 Å². The van der Waals surface area contributed by atoms with E-state index in [0.29, 0.717) is 6.54 Å². The molecule has 0 saturated heterocycles. The van der Waals surface area contributed by atoms with Crippen LogP contribution < -0.4 is 5.32 Å². The Morgan fingerprint density at radius 2 is 2.43 bits per heavy atom. The Morgan fingerprint density at radius 1 is 1.64 bits per heavy atom. The smallest absolute Gasteiger partial charge is 0.297 e. The van der Waals surface area contributed by atoms with Crippen LogP contribution in [-0.4, -0.2) is 30.4 Å². The Labute approximate surface area is 81.6 Å². The second-order valence-corrected chi connectivity index (χ2v) is 2.69. The molecule has 0 unspecified atom stereocenters. The van der Waals surface area contributed by atoms with Crippen LogP contribution in [0.5, 0.6) is 0 Å². The van der Waals surface area contributed by atoms with Crippen LogP contribution >= 0.6 is 0 Å². The molecule has 0 aromatic rings. The molecular formula is C9H11N3O2. The predicted molar refractivity (Wildman–Crippen MR) is 53.4 cm³/mol. The van der Waals surface area contributed by atoms with E-state index in [4.69, 9.17) is 0 Å². The van der Waals surface area contributed by atoms with Crippen LogP contribution in [0.2, 0.25) is 0 Å². The molecule has 0 saturated carbocycles. The predicted octanol–water partition coefficient (Wildman–Crippen LogP) is 0.0783. The summed E-state index contributed by atoms with van der Waals surface area (Å²) in [5, 5.41) is 2.64. The van der Waals surface area contributed by atoms with Gasteiger partial charge in [0.25, 0.3) is 5.91 Å². The van der Waals surface area contributed by atoms with Crippen LogP contribution in [0.1, 0.15) is 13.3 Å². The van der Waals surface area contributed by atoms with E-state index in [2.05, 4.69) is 15.3 Å². The Hall–Kier alpha value is -1.78. The zero-order valence-electron chi connectivity index (χ0n) is 7.86. The third-order valence-corrected chi connectivity index (χ3v) is 1.53. The molecule has 1 rings (SSSR count). The van der Waals surface area contributed by atoms with Crippen molar-refractivity contribution < 1.29 is 9.59 Å². The van der Waals surface area contributed by atoms with E-state index in [0.717, 1.165) is 6.42 Å². The SMILES string of the molecule is CCCNC(=O)C=CC1=NC=NC1=O. The molecule has 0 fully saturated rings. The Morgan fingerprint density at radius 3 is 3.00 bits per heavy atom. The Kier molecular flexibility index (Phi) is 3.72.